The van der Waals surface area contributed by atoms with Crippen LogP contribution in [0.3, 0.4) is 0 Å². The molecule has 2 N–H and O–H groups in total. The first-order valence-corrected chi connectivity index (χ1v) is 2.05. The summed E-state index contributed by atoms with van der Waals surface area (Å²) in [6.07, 6.45) is 0.968. The molecule has 0 fully saturated rings. The quantitative estimate of drug-likeness (QED) is 0.450. The zero-order valence-corrected chi connectivity index (χ0v) is 4.14. The van der Waals surface area contributed by atoms with Crippen LogP contribution in [-0.4, -0.2) is 24.2 Å². The standard InChI is InChI=1S/C4H8NO2/c1-4(7)2-5-3-6/h4,7H,2H2,1H3,(H,5,6). The third kappa shape index (κ3) is 5.43. The molecule has 0 aromatic heterocycles. The van der Waals surface area contributed by atoms with Crippen molar-refractivity contribution < 1.29 is 9.90 Å². The first kappa shape index (κ1) is 6.43. The second-order valence-electron chi connectivity index (χ2n) is 1.33. The van der Waals surface area contributed by atoms with Crippen LogP contribution >= 0.6 is 0 Å². The number of nitrogens with one attached hydrogen (secondary N) is 1. The Bertz CT molecular complexity index is 53.7. The van der Waals surface area contributed by atoms with Gasteiger partial charge in [-0.25, -0.2) is 0 Å². The molecule has 0 aliphatic heterocycles. The summed E-state index contributed by atoms with van der Waals surface area (Å²) < 4.78 is 0. The lowest BCUT2D eigenvalue weighted by Crippen LogP contribution is -2.22. The van der Waals surface area contributed by atoms with Gasteiger partial charge < -0.3 is 10.4 Å². The maximum absolute atomic E-state index is 9.36. The van der Waals surface area contributed by atoms with Gasteiger partial charge in [-0.1, -0.05) is 0 Å². The third-order valence-corrected chi connectivity index (χ3v) is 0.470. The van der Waals surface area contributed by atoms with Crippen molar-refractivity contribution in [3.8, 4) is 0 Å². The van der Waals surface area contributed by atoms with Crippen LogP contribution in [0.4, 0.5) is 0 Å². The van der Waals surface area contributed by atoms with E-state index in [1.165, 1.54) is 6.41 Å². The molecular formula is C4H8NO2. The predicted molar refractivity (Wildman–Crippen MR) is 25.4 cm³/mol. The number of aliphatic hydroxyl groups is 1. The average Bonchev–Trinajstić information content (AvgIpc) is 1.61. The van der Waals surface area contributed by atoms with Crippen LogP contribution in [0.5, 0.6) is 0 Å². The summed E-state index contributed by atoms with van der Waals surface area (Å²) in [5, 5.41) is 10.6. The van der Waals surface area contributed by atoms with Gasteiger partial charge in [0, 0.05) is 6.54 Å². The van der Waals surface area contributed by atoms with E-state index in [-0.39, 0.29) is 6.54 Å². The minimum atomic E-state index is -0.471. The lowest BCUT2D eigenvalue weighted by molar-refractivity contribution is 0.197. The van der Waals surface area contributed by atoms with Crippen molar-refractivity contribution in [3.05, 3.63) is 0 Å². The number of rotatable bonds is 3. The molecule has 41 valence electrons. The van der Waals surface area contributed by atoms with E-state index in [0.717, 1.165) is 0 Å². The fraction of sp³-hybridized carbons (Fsp3) is 0.750. The largest absolute Gasteiger partial charge is 0.392 e. The summed E-state index contributed by atoms with van der Waals surface area (Å²) in [5.74, 6) is 0. The second kappa shape index (κ2) is 3.61. The Labute approximate surface area is 42.3 Å². The summed E-state index contributed by atoms with van der Waals surface area (Å²) in [6.45, 7) is 1.87. The minimum absolute atomic E-state index is 0.281. The highest BCUT2D eigenvalue weighted by Gasteiger charge is 1.89. The van der Waals surface area contributed by atoms with Crippen molar-refractivity contribution in [2.75, 3.05) is 6.54 Å². The van der Waals surface area contributed by atoms with Gasteiger partial charge in [0.1, 0.15) is 0 Å². The molecule has 1 amide bonds. The van der Waals surface area contributed by atoms with E-state index in [1.807, 2.05) is 0 Å². The molecule has 1 unspecified atom stereocenters. The Morgan fingerprint density at radius 3 is 2.71 bits per heavy atom. The average molecular weight is 102 g/mol. The maximum Gasteiger partial charge on any atom is 0.309 e. The Kier molecular flexibility index (Phi) is 3.32. The van der Waals surface area contributed by atoms with E-state index < -0.39 is 6.10 Å². The van der Waals surface area contributed by atoms with Gasteiger partial charge in [0.05, 0.1) is 6.10 Å². The lowest BCUT2D eigenvalue weighted by Gasteiger charge is -1.97. The molecule has 0 aromatic rings. The first-order valence-electron chi connectivity index (χ1n) is 2.05. The number of carbonyl (C=O) groups excluding carboxylic acids is 1. The summed E-state index contributed by atoms with van der Waals surface area (Å²) >= 11 is 0. The molecule has 3 nitrogen and oxygen atoms in total. The van der Waals surface area contributed by atoms with Crippen LogP contribution < -0.4 is 5.32 Å². The fourth-order valence-electron chi connectivity index (χ4n) is 0.189. The minimum Gasteiger partial charge on any atom is -0.392 e. The van der Waals surface area contributed by atoms with E-state index in [9.17, 15) is 4.79 Å². The van der Waals surface area contributed by atoms with Crippen LogP contribution in [-0.2, 0) is 4.79 Å². The first-order chi connectivity index (χ1) is 3.27. The number of amides is 1. The van der Waals surface area contributed by atoms with Gasteiger partial charge in [-0.3, -0.25) is 4.79 Å². The van der Waals surface area contributed by atoms with Gasteiger partial charge in [-0.2, -0.15) is 0 Å². The molecule has 0 bridgehead atoms. The molecule has 0 saturated carbocycles. The topological polar surface area (TPSA) is 49.3 Å². The Balaban J connectivity index is 2.81. The van der Waals surface area contributed by atoms with Crippen LogP contribution in [0.25, 0.3) is 0 Å². The van der Waals surface area contributed by atoms with Crippen molar-refractivity contribution in [3.63, 3.8) is 0 Å². The van der Waals surface area contributed by atoms with Crippen molar-refractivity contribution in [1.29, 1.82) is 0 Å². The molecular weight excluding hydrogens is 94.0 g/mol. The smallest absolute Gasteiger partial charge is 0.309 e. The summed E-state index contributed by atoms with van der Waals surface area (Å²) in [4.78, 5) is 9.36. The van der Waals surface area contributed by atoms with E-state index in [4.69, 9.17) is 5.11 Å². The van der Waals surface area contributed by atoms with Gasteiger partial charge in [-0.15, -0.1) is 0 Å². The van der Waals surface area contributed by atoms with Crippen LogP contribution in [0, 0.1) is 0 Å². The van der Waals surface area contributed by atoms with Crippen molar-refractivity contribution in [2.24, 2.45) is 0 Å². The highest BCUT2D eigenvalue weighted by molar-refractivity contribution is 5.46. The number of hydrogen-bond acceptors (Lipinski definition) is 2. The summed E-state index contributed by atoms with van der Waals surface area (Å²) in [5.41, 5.74) is 0. The van der Waals surface area contributed by atoms with E-state index >= 15 is 0 Å². The predicted octanol–water partition coefficient (Wildman–Crippen LogP) is -0.976. The molecule has 7 heavy (non-hydrogen) atoms. The Morgan fingerprint density at radius 1 is 2.00 bits per heavy atom. The molecule has 0 aliphatic carbocycles. The highest BCUT2D eigenvalue weighted by atomic mass is 16.3. The Morgan fingerprint density at radius 2 is 2.57 bits per heavy atom. The molecule has 1 atom stereocenters. The van der Waals surface area contributed by atoms with E-state index in [1.54, 1.807) is 6.92 Å². The molecule has 0 aromatic carbocycles. The van der Waals surface area contributed by atoms with Crippen LogP contribution in [0.15, 0.2) is 0 Å². The molecule has 0 heterocycles. The molecule has 0 aliphatic rings. The fourth-order valence-corrected chi connectivity index (χ4v) is 0.189. The zero-order chi connectivity index (χ0) is 5.70. The molecule has 0 spiro atoms. The van der Waals surface area contributed by atoms with Gasteiger partial charge in [0.15, 0.2) is 0 Å². The summed E-state index contributed by atoms with van der Waals surface area (Å²) in [6, 6.07) is 0. The van der Waals surface area contributed by atoms with E-state index in [2.05, 4.69) is 5.32 Å². The van der Waals surface area contributed by atoms with Gasteiger partial charge >= 0.3 is 6.41 Å². The Hall–Kier alpha value is -0.570. The number of hydrogen-bond donors (Lipinski definition) is 2. The van der Waals surface area contributed by atoms with Crippen molar-refractivity contribution in [1.82, 2.24) is 5.32 Å². The second-order valence-corrected chi connectivity index (χ2v) is 1.33. The van der Waals surface area contributed by atoms with Crippen LogP contribution in [0.1, 0.15) is 6.92 Å². The maximum atomic E-state index is 9.36. The van der Waals surface area contributed by atoms with Crippen LogP contribution in [0.2, 0.25) is 0 Å². The van der Waals surface area contributed by atoms with Crippen molar-refractivity contribution >= 4 is 6.41 Å². The van der Waals surface area contributed by atoms with E-state index in [0.29, 0.717) is 0 Å². The van der Waals surface area contributed by atoms with Gasteiger partial charge in [-0.05, 0) is 6.92 Å². The molecule has 0 saturated heterocycles. The highest BCUT2D eigenvalue weighted by Crippen LogP contribution is 1.69. The molecule has 1 radical (unpaired) electrons. The molecule has 3 heteroatoms. The van der Waals surface area contributed by atoms with Gasteiger partial charge in [0.2, 0.25) is 0 Å². The summed E-state index contributed by atoms with van der Waals surface area (Å²) in [7, 11) is 0. The normalized spacial score (nSPS) is 12.9. The number of aliphatic hydroxyl groups excluding tert-OH is 1. The molecule has 0 rings (SSSR count). The lowest BCUT2D eigenvalue weighted by atomic mass is 10.4. The third-order valence-electron chi connectivity index (χ3n) is 0.470. The zero-order valence-electron chi connectivity index (χ0n) is 4.14. The monoisotopic (exact) mass is 102 g/mol. The SMILES string of the molecule is CC(O)CN[C]=O. The van der Waals surface area contributed by atoms with Crippen molar-refractivity contribution in [2.45, 2.75) is 13.0 Å². The van der Waals surface area contributed by atoms with Gasteiger partial charge in [0.25, 0.3) is 0 Å².